The van der Waals surface area contributed by atoms with E-state index in [1.165, 1.54) is 0 Å². The van der Waals surface area contributed by atoms with Crippen LogP contribution in [-0.4, -0.2) is 44.3 Å². The minimum Gasteiger partial charge on any atom is -0.480 e. The second kappa shape index (κ2) is 9.03. The van der Waals surface area contributed by atoms with Crippen LogP contribution in [0.2, 0.25) is 0 Å². The number of carbonyl (C=O) groups is 3. The van der Waals surface area contributed by atoms with Crippen LogP contribution < -0.4 is 16.6 Å². The van der Waals surface area contributed by atoms with E-state index < -0.39 is 17.9 Å². The number of rotatable bonds is 9. The first-order valence-electron chi connectivity index (χ1n) is 9.31. The molecule has 3 rings (SSSR count). The number of fused-ring (bicyclic) bond motifs is 1. The SMILES string of the molecule is Nc1nc2[nH]cc(CCc3ccc(C(=O)N[C@@H](CCC=O)C(=O)O)cc3)c2c(=O)[nH]1. The number of aryl methyl sites for hydroxylation is 2. The monoisotopic (exact) mass is 411 g/mol. The standard InChI is InChI=1S/C20H21N5O5/c21-20-24-16-15(18(28)25-20)13(10-22-16)8-5-11-3-6-12(7-4-11)17(27)23-14(19(29)30)2-1-9-26/h3-4,6-7,9-10,14H,1-2,5,8H2,(H,23,27)(H,29,30)(H4,21,22,24,25,28)/t14-/m0/s1. The Morgan fingerprint density at radius 1 is 1.23 bits per heavy atom. The number of carboxylic acid groups (broad SMARTS) is 1. The Kier molecular flexibility index (Phi) is 6.26. The van der Waals surface area contributed by atoms with Crippen molar-refractivity contribution in [3.8, 4) is 0 Å². The number of hydrogen-bond donors (Lipinski definition) is 5. The molecule has 0 radical (unpaired) electrons. The van der Waals surface area contributed by atoms with E-state index in [1.54, 1.807) is 30.5 Å². The number of aldehydes is 1. The predicted molar refractivity (Wildman–Crippen MR) is 109 cm³/mol. The first-order valence-corrected chi connectivity index (χ1v) is 9.31. The third kappa shape index (κ3) is 4.72. The van der Waals surface area contributed by atoms with Gasteiger partial charge in [-0.25, -0.2) is 4.79 Å². The number of hydrogen-bond acceptors (Lipinski definition) is 6. The maximum Gasteiger partial charge on any atom is 0.326 e. The summed E-state index contributed by atoms with van der Waals surface area (Å²) in [7, 11) is 0. The largest absolute Gasteiger partial charge is 0.480 e. The van der Waals surface area contributed by atoms with Crippen LogP contribution in [0.25, 0.3) is 11.0 Å². The average Bonchev–Trinajstić information content (AvgIpc) is 3.12. The molecule has 3 aromatic rings. The molecule has 30 heavy (non-hydrogen) atoms. The lowest BCUT2D eigenvalue weighted by atomic mass is 10.0. The summed E-state index contributed by atoms with van der Waals surface area (Å²) in [5.41, 5.74) is 7.74. The average molecular weight is 411 g/mol. The molecule has 0 fully saturated rings. The van der Waals surface area contributed by atoms with Gasteiger partial charge >= 0.3 is 5.97 Å². The number of aromatic amines is 2. The number of amides is 1. The van der Waals surface area contributed by atoms with Gasteiger partial charge in [0.1, 0.15) is 18.0 Å². The van der Waals surface area contributed by atoms with Crippen LogP contribution >= 0.6 is 0 Å². The number of nitrogen functional groups attached to an aromatic ring is 1. The van der Waals surface area contributed by atoms with Crippen LogP contribution in [0.5, 0.6) is 0 Å². The fourth-order valence-corrected chi connectivity index (χ4v) is 3.15. The maximum absolute atomic E-state index is 12.3. The van der Waals surface area contributed by atoms with Crippen molar-refractivity contribution in [3.05, 3.63) is 57.5 Å². The number of nitrogens with two attached hydrogens (primary N) is 1. The third-order valence-corrected chi connectivity index (χ3v) is 4.72. The molecule has 0 saturated carbocycles. The lowest BCUT2D eigenvalue weighted by Gasteiger charge is -2.13. The highest BCUT2D eigenvalue weighted by molar-refractivity contribution is 5.96. The molecule has 1 atom stereocenters. The Bertz CT molecular complexity index is 1130. The van der Waals surface area contributed by atoms with Crippen LogP contribution in [0.4, 0.5) is 5.95 Å². The first kappa shape index (κ1) is 20.8. The van der Waals surface area contributed by atoms with Crippen molar-refractivity contribution >= 4 is 35.1 Å². The molecule has 156 valence electrons. The third-order valence-electron chi connectivity index (χ3n) is 4.72. The first-order chi connectivity index (χ1) is 14.4. The molecule has 2 aromatic heterocycles. The van der Waals surface area contributed by atoms with Gasteiger partial charge < -0.3 is 25.9 Å². The molecule has 0 saturated heterocycles. The van der Waals surface area contributed by atoms with Gasteiger partial charge in [-0.15, -0.1) is 0 Å². The highest BCUT2D eigenvalue weighted by Crippen LogP contribution is 2.16. The molecule has 10 heteroatoms. The van der Waals surface area contributed by atoms with E-state index >= 15 is 0 Å². The zero-order valence-electron chi connectivity index (χ0n) is 16.0. The van der Waals surface area contributed by atoms with Gasteiger partial charge in [0.2, 0.25) is 5.95 Å². The lowest BCUT2D eigenvalue weighted by molar-refractivity contribution is -0.139. The number of carboxylic acids is 1. The van der Waals surface area contributed by atoms with E-state index in [-0.39, 0.29) is 24.3 Å². The van der Waals surface area contributed by atoms with Crippen molar-refractivity contribution in [3.63, 3.8) is 0 Å². The summed E-state index contributed by atoms with van der Waals surface area (Å²) < 4.78 is 0. The van der Waals surface area contributed by atoms with E-state index in [4.69, 9.17) is 10.8 Å². The van der Waals surface area contributed by atoms with Crippen LogP contribution in [0, 0.1) is 0 Å². The summed E-state index contributed by atoms with van der Waals surface area (Å²) in [6.45, 7) is 0. The quantitative estimate of drug-likeness (QED) is 0.324. The minimum absolute atomic E-state index is 0.0346. The van der Waals surface area contributed by atoms with Gasteiger partial charge in [-0.1, -0.05) is 12.1 Å². The number of nitrogens with one attached hydrogen (secondary N) is 3. The Hall–Kier alpha value is -3.95. The predicted octanol–water partition coefficient (Wildman–Crippen LogP) is 0.781. The van der Waals surface area contributed by atoms with Crippen molar-refractivity contribution in [2.45, 2.75) is 31.7 Å². The molecule has 1 aromatic carbocycles. The van der Waals surface area contributed by atoms with E-state index in [9.17, 15) is 19.2 Å². The molecule has 0 unspecified atom stereocenters. The zero-order chi connectivity index (χ0) is 21.7. The second-order valence-electron chi connectivity index (χ2n) is 6.79. The molecule has 0 aliphatic rings. The fourth-order valence-electron chi connectivity index (χ4n) is 3.15. The molecule has 0 spiro atoms. The summed E-state index contributed by atoms with van der Waals surface area (Å²) in [6, 6.07) is 5.63. The minimum atomic E-state index is -1.19. The summed E-state index contributed by atoms with van der Waals surface area (Å²) in [4.78, 5) is 55.5. The van der Waals surface area contributed by atoms with Gasteiger partial charge in [0.15, 0.2) is 0 Å². The van der Waals surface area contributed by atoms with E-state index in [1.807, 2.05) is 0 Å². The van der Waals surface area contributed by atoms with Crippen molar-refractivity contribution < 1.29 is 19.5 Å². The Morgan fingerprint density at radius 3 is 2.63 bits per heavy atom. The fraction of sp³-hybridized carbons (Fsp3) is 0.250. The number of anilines is 1. The second-order valence-corrected chi connectivity index (χ2v) is 6.79. The Labute approximate surface area is 170 Å². The summed E-state index contributed by atoms with van der Waals surface area (Å²) in [5, 5.41) is 12.0. The van der Waals surface area contributed by atoms with Gasteiger partial charge in [0, 0.05) is 18.2 Å². The number of carbonyl (C=O) groups excluding carboxylic acids is 2. The Balaban J connectivity index is 1.65. The number of benzene rings is 1. The molecule has 0 aliphatic heterocycles. The summed E-state index contributed by atoms with van der Waals surface area (Å²) in [6.07, 6.45) is 3.62. The molecule has 6 N–H and O–H groups in total. The van der Waals surface area contributed by atoms with Crippen LogP contribution in [-0.2, 0) is 22.4 Å². The van der Waals surface area contributed by atoms with Crippen molar-refractivity contribution in [1.29, 1.82) is 0 Å². The zero-order valence-corrected chi connectivity index (χ0v) is 16.0. The smallest absolute Gasteiger partial charge is 0.326 e. The van der Waals surface area contributed by atoms with E-state index in [0.29, 0.717) is 35.7 Å². The topological polar surface area (TPSA) is 171 Å². The number of aliphatic carboxylic acids is 1. The van der Waals surface area contributed by atoms with Crippen LogP contribution in [0.15, 0.2) is 35.3 Å². The van der Waals surface area contributed by atoms with Gasteiger partial charge in [-0.05, 0) is 42.5 Å². The summed E-state index contributed by atoms with van der Waals surface area (Å²) in [5.74, 6) is -1.66. The molecule has 2 heterocycles. The molecule has 1 amide bonds. The highest BCUT2D eigenvalue weighted by atomic mass is 16.4. The summed E-state index contributed by atoms with van der Waals surface area (Å²) >= 11 is 0. The van der Waals surface area contributed by atoms with Gasteiger partial charge in [0.25, 0.3) is 11.5 Å². The van der Waals surface area contributed by atoms with Gasteiger partial charge in [-0.3, -0.25) is 14.6 Å². The van der Waals surface area contributed by atoms with Crippen LogP contribution in [0.3, 0.4) is 0 Å². The molecule has 0 bridgehead atoms. The number of nitrogens with zero attached hydrogens (tertiary/aromatic N) is 1. The molecule has 10 nitrogen and oxygen atoms in total. The Morgan fingerprint density at radius 2 is 1.97 bits per heavy atom. The normalized spacial score (nSPS) is 11.9. The van der Waals surface area contributed by atoms with Crippen LogP contribution in [0.1, 0.15) is 34.3 Å². The van der Waals surface area contributed by atoms with E-state index in [2.05, 4.69) is 20.3 Å². The lowest BCUT2D eigenvalue weighted by Crippen LogP contribution is -2.40. The molecular formula is C20H21N5O5. The van der Waals surface area contributed by atoms with E-state index in [0.717, 1.165) is 11.1 Å². The van der Waals surface area contributed by atoms with Gasteiger partial charge in [0.05, 0.1) is 5.39 Å². The van der Waals surface area contributed by atoms with Crippen molar-refractivity contribution in [2.24, 2.45) is 0 Å². The van der Waals surface area contributed by atoms with Gasteiger partial charge in [-0.2, -0.15) is 4.98 Å². The highest BCUT2D eigenvalue weighted by Gasteiger charge is 2.20. The molecular weight excluding hydrogens is 390 g/mol. The van der Waals surface area contributed by atoms with Crippen molar-refractivity contribution in [2.75, 3.05) is 5.73 Å². The number of aromatic nitrogens is 3. The molecule has 0 aliphatic carbocycles. The van der Waals surface area contributed by atoms with Crippen molar-refractivity contribution in [1.82, 2.24) is 20.3 Å². The maximum atomic E-state index is 12.3. The number of H-pyrrole nitrogens is 2.